The van der Waals surface area contributed by atoms with Crippen molar-refractivity contribution in [3.63, 3.8) is 0 Å². The fourth-order valence-electron chi connectivity index (χ4n) is 2.90. The number of hydrogen-bond acceptors (Lipinski definition) is 3. The number of carbonyl (C=O) groups is 2. The molecular formula is C23H29ClN2O3. The van der Waals surface area contributed by atoms with Gasteiger partial charge < -0.3 is 15.0 Å². The maximum atomic E-state index is 13.1. The molecule has 2 rings (SSSR count). The van der Waals surface area contributed by atoms with Crippen molar-refractivity contribution in [3.8, 4) is 5.75 Å². The van der Waals surface area contributed by atoms with E-state index in [0.717, 1.165) is 11.1 Å². The van der Waals surface area contributed by atoms with Crippen LogP contribution in [0.5, 0.6) is 5.75 Å². The third kappa shape index (κ3) is 7.09. The molecule has 0 heterocycles. The van der Waals surface area contributed by atoms with Gasteiger partial charge in [0.05, 0.1) is 13.5 Å². The Morgan fingerprint density at radius 1 is 1.10 bits per heavy atom. The highest BCUT2D eigenvalue weighted by atomic mass is 35.5. The topological polar surface area (TPSA) is 58.6 Å². The molecule has 0 spiro atoms. The van der Waals surface area contributed by atoms with Gasteiger partial charge in [0.25, 0.3) is 0 Å². The molecule has 6 heteroatoms. The van der Waals surface area contributed by atoms with Crippen molar-refractivity contribution in [2.45, 2.75) is 52.2 Å². The predicted octanol–water partition coefficient (Wildman–Crippen LogP) is 4.22. The van der Waals surface area contributed by atoms with Gasteiger partial charge in [-0.15, -0.1) is 0 Å². The van der Waals surface area contributed by atoms with Crippen molar-refractivity contribution in [1.82, 2.24) is 10.2 Å². The number of ether oxygens (including phenoxy) is 1. The van der Waals surface area contributed by atoms with Crippen LogP contribution in [0.15, 0.2) is 48.5 Å². The SMILES string of the molecule is COc1cccc(CN(C(=O)Cc2ccc(Cl)cc2)[C@@H](C)C(=O)NC(C)(C)C)c1. The van der Waals surface area contributed by atoms with Gasteiger partial charge in [0.15, 0.2) is 0 Å². The molecule has 2 amide bonds. The van der Waals surface area contributed by atoms with Gasteiger partial charge in [0, 0.05) is 17.1 Å². The number of halogens is 1. The smallest absolute Gasteiger partial charge is 0.242 e. The molecule has 5 nitrogen and oxygen atoms in total. The minimum absolute atomic E-state index is 0.133. The highest BCUT2D eigenvalue weighted by molar-refractivity contribution is 6.30. The van der Waals surface area contributed by atoms with Gasteiger partial charge in [-0.25, -0.2) is 0 Å². The average Bonchev–Trinajstić information content (AvgIpc) is 2.66. The Morgan fingerprint density at radius 2 is 1.76 bits per heavy atom. The summed E-state index contributed by atoms with van der Waals surface area (Å²) in [6.45, 7) is 7.81. The summed E-state index contributed by atoms with van der Waals surface area (Å²) in [6.07, 6.45) is 0.189. The van der Waals surface area contributed by atoms with E-state index in [0.29, 0.717) is 17.3 Å². The number of rotatable bonds is 7. The van der Waals surface area contributed by atoms with E-state index in [1.165, 1.54) is 0 Å². The molecule has 0 bridgehead atoms. The number of methoxy groups -OCH3 is 1. The third-order valence-corrected chi connectivity index (χ3v) is 4.67. The highest BCUT2D eigenvalue weighted by Crippen LogP contribution is 2.18. The maximum Gasteiger partial charge on any atom is 0.242 e. The molecule has 0 aliphatic heterocycles. The Balaban J connectivity index is 2.26. The fraction of sp³-hybridized carbons (Fsp3) is 0.391. The molecule has 0 saturated carbocycles. The molecule has 0 aromatic heterocycles. The Kier molecular flexibility index (Phi) is 7.68. The minimum Gasteiger partial charge on any atom is -0.497 e. The van der Waals surface area contributed by atoms with Crippen LogP contribution in [0.3, 0.4) is 0 Å². The molecule has 0 unspecified atom stereocenters. The van der Waals surface area contributed by atoms with Crippen LogP contribution >= 0.6 is 11.6 Å². The second kappa shape index (κ2) is 9.79. The summed E-state index contributed by atoms with van der Waals surface area (Å²) >= 11 is 5.94. The molecule has 0 saturated heterocycles. The van der Waals surface area contributed by atoms with Gasteiger partial charge in [0.2, 0.25) is 11.8 Å². The van der Waals surface area contributed by atoms with Crippen molar-refractivity contribution in [3.05, 3.63) is 64.7 Å². The molecule has 156 valence electrons. The lowest BCUT2D eigenvalue weighted by atomic mass is 10.1. The van der Waals surface area contributed by atoms with Gasteiger partial charge in [-0.05, 0) is 63.1 Å². The van der Waals surface area contributed by atoms with Gasteiger partial charge in [-0.3, -0.25) is 9.59 Å². The van der Waals surface area contributed by atoms with Crippen LogP contribution in [-0.2, 0) is 22.6 Å². The Hall–Kier alpha value is -2.53. The lowest BCUT2D eigenvalue weighted by molar-refractivity contribution is -0.140. The number of nitrogens with one attached hydrogen (secondary N) is 1. The monoisotopic (exact) mass is 416 g/mol. The number of hydrogen-bond donors (Lipinski definition) is 1. The summed E-state index contributed by atoms with van der Waals surface area (Å²) in [5, 5.41) is 3.58. The second-order valence-electron chi connectivity index (χ2n) is 8.09. The van der Waals surface area contributed by atoms with Crippen molar-refractivity contribution in [1.29, 1.82) is 0 Å². The molecule has 2 aromatic carbocycles. The number of carbonyl (C=O) groups excluding carboxylic acids is 2. The Labute approximate surface area is 178 Å². The van der Waals surface area contributed by atoms with Gasteiger partial charge in [-0.2, -0.15) is 0 Å². The highest BCUT2D eigenvalue weighted by Gasteiger charge is 2.28. The molecule has 0 aliphatic rings. The van der Waals surface area contributed by atoms with Crippen LogP contribution in [0, 0.1) is 0 Å². The number of amides is 2. The lowest BCUT2D eigenvalue weighted by Gasteiger charge is -2.31. The average molecular weight is 417 g/mol. The van der Waals surface area contributed by atoms with E-state index in [1.807, 2.05) is 57.2 Å². The molecule has 0 radical (unpaired) electrons. The van der Waals surface area contributed by atoms with Crippen LogP contribution in [0.25, 0.3) is 0 Å². The first-order valence-electron chi connectivity index (χ1n) is 9.58. The predicted molar refractivity (Wildman–Crippen MR) is 116 cm³/mol. The van der Waals surface area contributed by atoms with E-state index in [2.05, 4.69) is 5.32 Å². The normalized spacial score (nSPS) is 12.2. The maximum absolute atomic E-state index is 13.1. The first kappa shape index (κ1) is 22.8. The van der Waals surface area contributed by atoms with E-state index < -0.39 is 6.04 Å². The summed E-state index contributed by atoms with van der Waals surface area (Å²) in [6, 6.07) is 14.0. The fourth-order valence-corrected chi connectivity index (χ4v) is 3.03. The van der Waals surface area contributed by atoms with Crippen LogP contribution in [0.4, 0.5) is 0 Å². The van der Waals surface area contributed by atoms with E-state index in [4.69, 9.17) is 16.3 Å². The third-order valence-electron chi connectivity index (χ3n) is 4.42. The Bertz CT molecular complexity index is 844. The van der Waals surface area contributed by atoms with E-state index >= 15 is 0 Å². The summed E-state index contributed by atoms with van der Waals surface area (Å²) < 4.78 is 5.28. The lowest BCUT2D eigenvalue weighted by Crippen LogP contribution is -2.52. The zero-order chi connectivity index (χ0) is 21.6. The van der Waals surface area contributed by atoms with Crippen LogP contribution in [0.2, 0.25) is 5.02 Å². The van der Waals surface area contributed by atoms with E-state index in [-0.39, 0.29) is 23.8 Å². The van der Waals surface area contributed by atoms with Crippen molar-refractivity contribution >= 4 is 23.4 Å². The van der Waals surface area contributed by atoms with Gasteiger partial charge >= 0.3 is 0 Å². The Morgan fingerprint density at radius 3 is 2.34 bits per heavy atom. The summed E-state index contributed by atoms with van der Waals surface area (Å²) in [5.74, 6) is 0.385. The van der Waals surface area contributed by atoms with Crippen LogP contribution in [0.1, 0.15) is 38.8 Å². The molecule has 1 N–H and O–H groups in total. The van der Waals surface area contributed by atoms with Crippen LogP contribution < -0.4 is 10.1 Å². The summed E-state index contributed by atoms with van der Waals surface area (Å²) in [4.78, 5) is 27.5. The standard InChI is InChI=1S/C23H29ClN2O3/c1-16(22(28)25-23(2,3)4)26(15-18-7-6-8-20(13-18)29-5)21(27)14-17-9-11-19(24)12-10-17/h6-13,16H,14-15H2,1-5H3,(H,25,28)/t16-/m0/s1. The molecule has 0 fully saturated rings. The first-order valence-corrected chi connectivity index (χ1v) is 9.96. The van der Waals surface area contributed by atoms with Crippen molar-refractivity contribution < 1.29 is 14.3 Å². The van der Waals surface area contributed by atoms with Gasteiger partial charge in [0.1, 0.15) is 11.8 Å². The molecule has 2 aromatic rings. The molecule has 1 atom stereocenters. The second-order valence-corrected chi connectivity index (χ2v) is 8.53. The number of benzene rings is 2. The zero-order valence-electron chi connectivity index (χ0n) is 17.7. The molecule has 29 heavy (non-hydrogen) atoms. The number of nitrogens with zero attached hydrogens (tertiary/aromatic N) is 1. The molecule has 0 aliphatic carbocycles. The summed E-state index contributed by atoms with van der Waals surface area (Å²) in [7, 11) is 1.60. The summed E-state index contributed by atoms with van der Waals surface area (Å²) in [5.41, 5.74) is 1.36. The van der Waals surface area contributed by atoms with Gasteiger partial charge in [-0.1, -0.05) is 35.9 Å². The zero-order valence-corrected chi connectivity index (χ0v) is 18.4. The largest absolute Gasteiger partial charge is 0.497 e. The van der Waals surface area contributed by atoms with E-state index in [9.17, 15) is 9.59 Å². The van der Waals surface area contributed by atoms with E-state index in [1.54, 1.807) is 31.1 Å². The molecular weight excluding hydrogens is 388 g/mol. The minimum atomic E-state index is -0.625. The van der Waals surface area contributed by atoms with Crippen LogP contribution in [-0.4, -0.2) is 35.4 Å². The van der Waals surface area contributed by atoms with Crippen molar-refractivity contribution in [2.75, 3.05) is 7.11 Å². The quantitative estimate of drug-likeness (QED) is 0.735. The first-order chi connectivity index (χ1) is 13.6. The van der Waals surface area contributed by atoms with Crippen molar-refractivity contribution in [2.24, 2.45) is 0 Å².